The fraction of sp³-hybridized carbons (Fsp3) is 1.00. The quantitative estimate of drug-likeness (QED) is 0.613. The molecule has 14 heavy (non-hydrogen) atoms. The molecule has 6 heteroatoms. The lowest BCUT2D eigenvalue weighted by Crippen LogP contribution is -2.44. The van der Waals surface area contributed by atoms with Crippen molar-refractivity contribution >= 4 is 10.2 Å². The summed E-state index contributed by atoms with van der Waals surface area (Å²) < 4.78 is 27.5. The van der Waals surface area contributed by atoms with E-state index in [1.807, 2.05) is 0 Å². The molecule has 0 aromatic rings. The number of hydrogen-bond acceptors (Lipinski definition) is 3. The monoisotopic (exact) mass is 222 g/mol. The molecule has 0 aliphatic heterocycles. The Hall–Kier alpha value is -0.170. The largest absolute Gasteiger partial charge is 0.393 e. The van der Waals surface area contributed by atoms with Gasteiger partial charge in [0.25, 0.3) is 10.2 Å². The molecule has 0 bridgehead atoms. The van der Waals surface area contributed by atoms with Crippen LogP contribution in [0.2, 0.25) is 0 Å². The van der Waals surface area contributed by atoms with Crippen LogP contribution in [0, 0.1) is 0 Å². The Balaban J connectivity index is 2.37. The maximum atomic E-state index is 11.3. The van der Waals surface area contributed by atoms with Crippen molar-refractivity contribution < 1.29 is 13.5 Å². The van der Waals surface area contributed by atoms with Gasteiger partial charge in [0.15, 0.2) is 0 Å². The van der Waals surface area contributed by atoms with Crippen LogP contribution in [-0.2, 0) is 10.2 Å². The summed E-state index contributed by atoms with van der Waals surface area (Å²) in [5.41, 5.74) is 0. The maximum absolute atomic E-state index is 11.3. The van der Waals surface area contributed by atoms with Crippen LogP contribution in [0.5, 0.6) is 0 Å². The minimum atomic E-state index is -3.33. The van der Waals surface area contributed by atoms with Crippen LogP contribution in [0.15, 0.2) is 0 Å². The first-order valence-electron chi connectivity index (χ1n) is 4.98. The Morgan fingerprint density at radius 2 is 1.86 bits per heavy atom. The Bertz CT molecular complexity index is 258. The van der Waals surface area contributed by atoms with Crippen LogP contribution >= 0.6 is 0 Å². The predicted molar refractivity (Wildman–Crippen MR) is 54.0 cm³/mol. The standard InChI is InChI=1S/C8H18N2O3S/c1-2-9-14(12,13)10-7-3-5-8(11)6-4-7/h7-11H,2-6H2,1H3. The maximum Gasteiger partial charge on any atom is 0.277 e. The van der Waals surface area contributed by atoms with Crippen molar-refractivity contribution in [2.24, 2.45) is 0 Å². The lowest BCUT2D eigenvalue weighted by molar-refractivity contribution is 0.120. The lowest BCUT2D eigenvalue weighted by atomic mass is 9.94. The molecule has 0 radical (unpaired) electrons. The summed E-state index contributed by atoms with van der Waals surface area (Å²) in [5, 5.41) is 9.24. The van der Waals surface area contributed by atoms with Gasteiger partial charge in [0.2, 0.25) is 0 Å². The van der Waals surface area contributed by atoms with E-state index in [-0.39, 0.29) is 12.1 Å². The third-order valence-corrected chi connectivity index (χ3v) is 3.67. The third kappa shape index (κ3) is 3.91. The van der Waals surface area contributed by atoms with Crippen LogP contribution in [-0.4, -0.2) is 32.2 Å². The molecule has 1 aliphatic rings. The van der Waals surface area contributed by atoms with Gasteiger partial charge in [0.05, 0.1) is 6.10 Å². The zero-order chi connectivity index (χ0) is 10.6. The van der Waals surface area contributed by atoms with Crippen molar-refractivity contribution in [3.63, 3.8) is 0 Å². The number of aliphatic hydroxyl groups excluding tert-OH is 1. The summed E-state index contributed by atoms with van der Waals surface area (Å²) in [4.78, 5) is 0. The van der Waals surface area contributed by atoms with E-state index in [1.165, 1.54) is 0 Å². The van der Waals surface area contributed by atoms with Crippen molar-refractivity contribution in [1.82, 2.24) is 9.44 Å². The first-order valence-corrected chi connectivity index (χ1v) is 6.47. The molecule has 0 atom stereocenters. The summed E-state index contributed by atoms with van der Waals surface area (Å²) in [7, 11) is -3.33. The van der Waals surface area contributed by atoms with Crippen molar-refractivity contribution in [3.8, 4) is 0 Å². The van der Waals surface area contributed by atoms with Crippen LogP contribution in [0.3, 0.4) is 0 Å². The molecule has 0 aromatic heterocycles. The van der Waals surface area contributed by atoms with Crippen molar-refractivity contribution in [2.75, 3.05) is 6.54 Å². The molecule has 1 rings (SSSR count). The molecule has 1 saturated carbocycles. The minimum Gasteiger partial charge on any atom is -0.393 e. The molecule has 1 fully saturated rings. The third-order valence-electron chi connectivity index (χ3n) is 2.35. The summed E-state index contributed by atoms with van der Waals surface area (Å²) in [6.07, 6.45) is 2.53. The summed E-state index contributed by atoms with van der Waals surface area (Å²) in [6, 6.07) is -0.0255. The highest BCUT2D eigenvalue weighted by Crippen LogP contribution is 2.18. The number of rotatable bonds is 4. The smallest absolute Gasteiger partial charge is 0.277 e. The molecule has 84 valence electrons. The van der Waals surface area contributed by atoms with Gasteiger partial charge in [-0.05, 0) is 25.7 Å². The van der Waals surface area contributed by atoms with E-state index in [1.54, 1.807) is 6.92 Å². The van der Waals surface area contributed by atoms with E-state index in [2.05, 4.69) is 9.44 Å². The van der Waals surface area contributed by atoms with E-state index in [0.29, 0.717) is 32.2 Å². The fourth-order valence-electron chi connectivity index (χ4n) is 1.64. The van der Waals surface area contributed by atoms with E-state index in [4.69, 9.17) is 0 Å². The van der Waals surface area contributed by atoms with Crippen LogP contribution in [0.1, 0.15) is 32.6 Å². The minimum absolute atomic E-state index is 0.0255. The van der Waals surface area contributed by atoms with Gasteiger partial charge in [-0.1, -0.05) is 6.92 Å². The Morgan fingerprint density at radius 1 is 1.29 bits per heavy atom. The van der Waals surface area contributed by atoms with Crippen LogP contribution in [0.25, 0.3) is 0 Å². The Kier molecular flexibility index (Phi) is 4.31. The van der Waals surface area contributed by atoms with Gasteiger partial charge < -0.3 is 5.11 Å². The van der Waals surface area contributed by atoms with Gasteiger partial charge in [-0.2, -0.15) is 13.1 Å². The number of hydrogen-bond donors (Lipinski definition) is 3. The number of aliphatic hydroxyl groups is 1. The molecular formula is C8H18N2O3S. The SMILES string of the molecule is CCNS(=O)(=O)NC1CCC(O)CC1. The second-order valence-electron chi connectivity index (χ2n) is 3.62. The highest BCUT2D eigenvalue weighted by atomic mass is 32.2. The van der Waals surface area contributed by atoms with Crippen molar-refractivity contribution in [1.29, 1.82) is 0 Å². The summed E-state index contributed by atoms with van der Waals surface area (Å²) in [6.45, 7) is 2.13. The van der Waals surface area contributed by atoms with Crippen LogP contribution < -0.4 is 9.44 Å². The van der Waals surface area contributed by atoms with Gasteiger partial charge in [0.1, 0.15) is 0 Å². The van der Waals surface area contributed by atoms with Gasteiger partial charge >= 0.3 is 0 Å². The first kappa shape index (κ1) is 11.9. The van der Waals surface area contributed by atoms with E-state index < -0.39 is 10.2 Å². The average Bonchev–Trinajstić information content (AvgIpc) is 2.08. The molecule has 0 amide bonds. The van der Waals surface area contributed by atoms with Gasteiger partial charge in [0, 0.05) is 12.6 Å². The van der Waals surface area contributed by atoms with E-state index in [9.17, 15) is 13.5 Å². The second-order valence-corrected chi connectivity index (χ2v) is 5.16. The van der Waals surface area contributed by atoms with Crippen molar-refractivity contribution in [2.45, 2.75) is 44.8 Å². The molecule has 0 saturated heterocycles. The van der Waals surface area contributed by atoms with Crippen molar-refractivity contribution in [3.05, 3.63) is 0 Å². The highest BCUT2D eigenvalue weighted by molar-refractivity contribution is 7.87. The normalized spacial score (nSPS) is 29.0. The zero-order valence-electron chi connectivity index (χ0n) is 8.36. The van der Waals surface area contributed by atoms with Gasteiger partial charge in [-0.25, -0.2) is 4.72 Å². The molecule has 3 N–H and O–H groups in total. The van der Waals surface area contributed by atoms with E-state index in [0.717, 1.165) is 0 Å². The fourth-order valence-corrected chi connectivity index (χ4v) is 2.78. The Labute approximate surface area is 85.1 Å². The molecule has 0 heterocycles. The molecule has 0 unspecified atom stereocenters. The van der Waals surface area contributed by atoms with E-state index >= 15 is 0 Å². The first-order chi connectivity index (χ1) is 6.53. The topological polar surface area (TPSA) is 78.4 Å². The van der Waals surface area contributed by atoms with Gasteiger partial charge in [-0.15, -0.1) is 0 Å². The highest BCUT2D eigenvalue weighted by Gasteiger charge is 2.22. The zero-order valence-corrected chi connectivity index (χ0v) is 9.18. The Morgan fingerprint density at radius 3 is 2.36 bits per heavy atom. The average molecular weight is 222 g/mol. The molecule has 1 aliphatic carbocycles. The summed E-state index contributed by atoms with van der Waals surface area (Å²) >= 11 is 0. The molecule has 5 nitrogen and oxygen atoms in total. The molecular weight excluding hydrogens is 204 g/mol. The molecule has 0 spiro atoms. The van der Waals surface area contributed by atoms with Crippen LogP contribution in [0.4, 0.5) is 0 Å². The molecule has 0 aromatic carbocycles. The lowest BCUT2D eigenvalue weighted by Gasteiger charge is -2.25. The predicted octanol–water partition coefficient (Wildman–Crippen LogP) is -0.266. The van der Waals surface area contributed by atoms with Gasteiger partial charge in [-0.3, -0.25) is 0 Å². The number of nitrogens with one attached hydrogen (secondary N) is 2. The second kappa shape index (κ2) is 5.06. The summed E-state index contributed by atoms with van der Waals surface area (Å²) in [5.74, 6) is 0.